The predicted octanol–water partition coefficient (Wildman–Crippen LogP) is 2.45. The van der Waals surface area contributed by atoms with Crippen molar-refractivity contribution in [2.45, 2.75) is 0 Å². The Morgan fingerprint density at radius 3 is 2.78 bits per heavy atom. The van der Waals surface area contributed by atoms with Crippen LogP contribution in [0.5, 0.6) is 5.75 Å². The van der Waals surface area contributed by atoms with Crippen LogP contribution in [0.15, 0.2) is 55.6 Å². The summed E-state index contributed by atoms with van der Waals surface area (Å²) >= 11 is 9.33. The van der Waals surface area contributed by atoms with E-state index in [4.69, 9.17) is 21.4 Å². The molecule has 2 N–H and O–H groups in total. The molecule has 3 aromatic rings. The quantitative estimate of drug-likeness (QED) is 0.577. The standard InChI is InChI=1S/C17H11BrClN3O5/c18-11-5-9(6-12(19)15(11)27-8-14(23)24)7-20-22-16(25)10-3-1-2-4-13(10)21-17(22)26/h1-7H,8H2,(H,21,26)(H,23,24). The van der Waals surface area contributed by atoms with Crippen molar-refractivity contribution in [3.63, 3.8) is 0 Å². The molecule has 0 aliphatic carbocycles. The average molecular weight is 453 g/mol. The van der Waals surface area contributed by atoms with Gasteiger partial charge in [0.05, 0.1) is 26.6 Å². The highest BCUT2D eigenvalue weighted by Crippen LogP contribution is 2.34. The number of carboxylic acids is 1. The van der Waals surface area contributed by atoms with Gasteiger partial charge in [-0.15, -0.1) is 4.68 Å². The summed E-state index contributed by atoms with van der Waals surface area (Å²) in [5.41, 5.74) is -0.350. The second kappa shape index (κ2) is 7.77. The number of aromatic amines is 1. The van der Waals surface area contributed by atoms with Gasteiger partial charge < -0.3 is 14.8 Å². The highest BCUT2D eigenvalue weighted by molar-refractivity contribution is 9.10. The number of para-hydroxylation sites is 1. The van der Waals surface area contributed by atoms with Crippen LogP contribution in [0, 0.1) is 0 Å². The van der Waals surface area contributed by atoms with Crippen LogP contribution < -0.4 is 16.0 Å². The van der Waals surface area contributed by atoms with Crippen LogP contribution in [0.1, 0.15) is 5.56 Å². The third-order valence-electron chi connectivity index (χ3n) is 3.47. The van der Waals surface area contributed by atoms with Crippen molar-refractivity contribution in [3.05, 3.63) is 72.3 Å². The smallest absolute Gasteiger partial charge is 0.349 e. The number of aliphatic carboxylic acids is 1. The largest absolute Gasteiger partial charge is 0.479 e. The van der Waals surface area contributed by atoms with E-state index in [2.05, 4.69) is 26.0 Å². The molecular formula is C17H11BrClN3O5. The molecule has 0 fully saturated rings. The Labute approximate surface area is 164 Å². The summed E-state index contributed by atoms with van der Waals surface area (Å²) in [5.74, 6) is -0.976. The molecule has 3 rings (SSSR count). The molecule has 2 aromatic carbocycles. The van der Waals surface area contributed by atoms with Gasteiger partial charge in [0.2, 0.25) is 0 Å². The van der Waals surface area contributed by atoms with Crippen LogP contribution in [0.2, 0.25) is 5.02 Å². The molecule has 0 saturated carbocycles. The van der Waals surface area contributed by atoms with Crippen molar-refractivity contribution in [3.8, 4) is 5.75 Å². The number of benzene rings is 2. The molecule has 27 heavy (non-hydrogen) atoms. The zero-order chi connectivity index (χ0) is 19.6. The van der Waals surface area contributed by atoms with Gasteiger partial charge in [-0.1, -0.05) is 23.7 Å². The van der Waals surface area contributed by atoms with Gasteiger partial charge in [0.1, 0.15) is 0 Å². The van der Waals surface area contributed by atoms with Gasteiger partial charge in [-0.05, 0) is 45.8 Å². The fourth-order valence-electron chi connectivity index (χ4n) is 2.31. The van der Waals surface area contributed by atoms with Crippen LogP contribution in [-0.2, 0) is 4.79 Å². The maximum absolute atomic E-state index is 12.4. The summed E-state index contributed by atoms with van der Waals surface area (Å²) in [4.78, 5) is 37.7. The van der Waals surface area contributed by atoms with Gasteiger partial charge in [-0.3, -0.25) is 4.79 Å². The second-order valence-corrected chi connectivity index (χ2v) is 6.59. The molecule has 0 aliphatic heterocycles. The molecule has 0 amide bonds. The van der Waals surface area contributed by atoms with Crippen molar-refractivity contribution in [1.29, 1.82) is 0 Å². The first-order valence-electron chi connectivity index (χ1n) is 7.49. The van der Waals surface area contributed by atoms with E-state index in [1.54, 1.807) is 30.3 Å². The SMILES string of the molecule is O=C(O)COc1c(Cl)cc(C=Nn2c(=O)[nH]c3ccccc3c2=O)cc1Br. The van der Waals surface area contributed by atoms with Crippen LogP contribution in [-0.4, -0.2) is 33.6 Å². The Morgan fingerprint density at radius 2 is 2.07 bits per heavy atom. The normalized spacial score (nSPS) is 11.2. The molecule has 1 aromatic heterocycles. The zero-order valence-corrected chi connectivity index (χ0v) is 15.8. The van der Waals surface area contributed by atoms with E-state index in [0.717, 1.165) is 0 Å². The number of hydrogen-bond donors (Lipinski definition) is 2. The number of rotatable bonds is 5. The van der Waals surface area contributed by atoms with Gasteiger partial charge >= 0.3 is 11.7 Å². The van der Waals surface area contributed by atoms with E-state index in [1.165, 1.54) is 12.3 Å². The molecule has 0 unspecified atom stereocenters. The number of halogens is 2. The lowest BCUT2D eigenvalue weighted by molar-refractivity contribution is -0.139. The summed E-state index contributed by atoms with van der Waals surface area (Å²) < 4.78 is 6.21. The van der Waals surface area contributed by atoms with Gasteiger partial charge in [0.25, 0.3) is 5.56 Å². The monoisotopic (exact) mass is 451 g/mol. The van der Waals surface area contributed by atoms with E-state index in [1.807, 2.05) is 0 Å². The Bertz CT molecular complexity index is 1160. The Morgan fingerprint density at radius 1 is 1.33 bits per heavy atom. The molecule has 0 radical (unpaired) electrons. The van der Waals surface area contributed by atoms with E-state index in [9.17, 15) is 14.4 Å². The molecule has 0 aliphatic rings. The van der Waals surface area contributed by atoms with Gasteiger partial charge in [-0.2, -0.15) is 5.10 Å². The summed E-state index contributed by atoms with van der Waals surface area (Å²) in [7, 11) is 0. The lowest BCUT2D eigenvalue weighted by Gasteiger charge is -2.09. The van der Waals surface area contributed by atoms with Gasteiger partial charge in [-0.25, -0.2) is 9.59 Å². The Kier molecular flexibility index (Phi) is 5.43. The van der Waals surface area contributed by atoms with Crippen molar-refractivity contribution in [1.82, 2.24) is 9.66 Å². The Balaban J connectivity index is 1.97. The highest BCUT2D eigenvalue weighted by atomic mass is 79.9. The first kappa shape index (κ1) is 18.9. The molecule has 0 bridgehead atoms. The summed E-state index contributed by atoms with van der Waals surface area (Å²) in [5, 5.41) is 13.1. The number of nitrogens with zero attached hydrogens (tertiary/aromatic N) is 2. The lowest BCUT2D eigenvalue weighted by atomic mass is 10.2. The number of carbonyl (C=O) groups is 1. The molecule has 10 heteroatoms. The maximum Gasteiger partial charge on any atom is 0.349 e. The van der Waals surface area contributed by atoms with Gasteiger partial charge in [0.15, 0.2) is 12.4 Å². The topological polar surface area (TPSA) is 114 Å². The third kappa shape index (κ3) is 4.09. The molecule has 0 saturated heterocycles. The number of nitrogens with one attached hydrogen (secondary N) is 1. The maximum atomic E-state index is 12.4. The number of carboxylic acid groups (broad SMARTS) is 1. The molecule has 0 spiro atoms. The minimum Gasteiger partial charge on any atom is -0.479 e. The molecule has 1 heterocycles. The van der Waals surface area contributed by atoms with E-state index >= 15 is 0 Å². The van der Waals surface area contributed by atoms with Crippen molar-refractivity contribution in [2.75, 3.05) is 6.61 Å². The first-order chi connectivity index (χ1) is 12.9. The summed E-state index contributed by atoms with van der Waals surface area (Å²) in [6, 6.07) is 9.63. The van der Waals surface area contributed by atoms with Crippen molar-refractivity contribution in [2.24, 2.45) is 5.10 Å². The molecule has 0 atom stereocenters. The van der Waals surface area contributed by atoms with Crippen molar-refractivity contribution < 1.29 is 14.6 Å². The summed E-state index contributed by atoms with van der Waals surface area (Å²) in [6.45, 7) is -0.548. The summed E-state index contributed by atoms with van der Waals surface area (Å²) in [6.07, 6.45) is 1.28. The van der Waals surface area contributed by atoms with Crippen molar-refractivity contribution >= 4 is 50.6 Å². The fourth-order valence-corrected chi connectivity index (χ4v) is 3.30. The molecule has 138 valence electrons. The second-order valence-electron chi connectivity index (χ2n) is 5.33. The van der Waals surface area contributed by atoms with Crippen LogP contribution in [0.25, 0.3) is 10.9 Å². The average Bonchev–Trinajstić information content (AvgIpc) is 2.60. The van der Waals surface area contributed by atoms with Crippen LogP contribution in [0.4, 0.5) is 0 Å². The van der Waals surface area contributed by atoms with Crippen LogP contribution in [0.3, 0.4) is 0 Å². The van der Waals surface area contributed by atoms with E-state index < -0.39 is 23.8 Å². The number of fused-ring (bicyclic) bond motifs is 1. The number of H-pyrrole nitrogens is 1. The van der Waals surface area contributed by atoms with E-state index in [0.29, 0.717) is 25.6 Å². The van der Waals surface area contributed by atoms with Gasteiger partial charge in [0, 0.05) is 0 Å². The number of ether oxygens (including phenoxy) is 1. The number of aromatic nitrogens is 2. The van der Waals surface area contributed by atoms with E-state index in [-0.39, 0.29) is 10.8 Å². The minimum absolute atomic E-state index is 0.145. The zero-order valence-electron chi connectivity index (χ0n) is 13.5. The molecular weight excluding hydrogens is 442 g/mol. The third-order valence-corrected chi connectivity index (χ3v) is 4.34. The Hall–Kier alpha value is -2.91. The fraction of sp³-hybridized carbons (Fsp3) is 0.0588. The minimum atomic E-state index is -1.14. The lowest BCUT2D eigenvalue weighted by Crippen LogP contribution is -2.32. The number of hydrogen-bond acceptors (Lipinski definition) is 5. The predicted molar refractivity (Wildman–Crippen MR) is 104 cm³/mol. The highest BCUT2D eigenvalue weighted by Gasteiger charge is 2.11. The molecule has 8 nitrogen and oxygen atoms in total. The first-order valence-corrected chi connectivity index (χ1v) is 8.66. The van der Waals surface area contributed by atoms with Crippen LogP contribution >= 0.6 is 27.5 Å².